The number of H-pyrrole nitrogens is 1. The molecule has 16 heavy (non-hydrogen) atoms. The number of aryl methyl sites for hydroxylation is 1. The first-order valence-corrected chi connectivity index (χ1v) is 4.99. The van der Waals surface area contributed by atoms with E-state index < -0.39 is 0 Å². The summed E-state index contributed by atoms with van der Waals surface area (Å²) in [5, 5.41) is 8.99. The van der Waals surface area contributed by atoms with Crippen molar-refractivity contribution in [1.82, 2.24) is 20.5 Å². The van der Waals surface area contributed by atoms with E-state index in [2.05, 4.69) is 27.1 Å². The zero-order valence-corrected chi connectivity index (χ0v) is 9.54. The number of aromatic nitrogens is 3. The van der Waals surface area contributed by atoms with Gasteiger partial charge in [-0.05, 0) is 13.8 Å². The molecule has 1 aromatic heterocycles. The third kappa shape index (κ3) is 4.22. The fraction of sp³-hybridized carbons (Fsp3) is 0.500. The second-order valence-electron chi connectivity index (χ2n) is 3.51. The number of nitrogens with zero attached hydrogens (tertiary/aromatic N) is 2. The van der Waals surface area contributed by atoms with Crippen molar-refractivity contribution in [2.45, 2.75) is 13.8 Å². The van der Waals surface area contributed by atoms with Crippen molar-refractivity contribution in [3.8, 4) is 0 Å². The molecule has 1 aromatic rings. The normalized spacial score (nSPS) is 10.1. The van der Waals surface area contributed by atoms with E-state index in [1.54, 1.807) is 6.92 Å². The number of rotatable bonds is 6. The molecular weight excluding hydrogens is 208 g/mol. The van der Waals surface area contributed by atoms with Gasteiger partial charge in [0.25, 0.3) is 5.91 Å². The van der Waals surface area contributed by atoms with Crippen LogP contribution >= 0.6 is 0 Å². The molecule has 0 radical (unpaired) electrons. The summed E-state index contributed by atoms with van der Waals surface area (Å²) in [4.78, 5) is 15.3. The third-order valence-corrected chi connectivity index (χ3v) is 1.68. The van der Waals surface area contributed by atoms with E-state index in [1.165, 1.54) is 0 Å². The second-order valence-corrected chi connectivity index (χ2v) is 3.51. The molecule has 0 aromatic carbocycles. The number of ether oxygens (including phenoxy) is 1. The van der Waals surface area contributed by atoms with Crippen LogP contribution in [0.2, 0.25) is 0 Å². The van der Waals surface area contributed by atoms with Crippen LogP contribution in [0.3, 0.4) is 0 Å². The minimum Gasteiger partial charge on any atom is -0.375 e. The van der Waals surface area contributed by atoms with Crippen molar-refractivity contribution < 1.29 is 9.53 Å². The maximum Gasteiger partial charge on any atom is 0.291 e. The fourth-order valence-electron chi connectivity index (χ4n) is 1.01. The van der Waals surface area contributed by atoms with Gasteiger partial charge in [0.15, 0.2) is 0 Å². The van der Waals surface area contributed by atoms with Crippen LogP contribution in [0.15, 0.2) is 12.2 Å². The number of nitrogens with one attached hydrogen (secondary N) is 2. The minimum absolute atomic E-state index is 0.150. The number of hydrogen-bond acceptors (Lipinski definition) is 4. The number of carbonyl (C=O) groups excluding carboxylic acids is 1. The van der Waals surface area contributed by atoms with Gasteiger partial charge in [-0.1, -0.05) is 12.2 Å². The molecular formula is C10H16N4O2. The molecule has 0 bridgehead atoms. The minimum atomic E-state index is -0.303. The van der Waals surface area contributed by atoms with Crippen LogP contribution in [-0.2, 0) is 4.74 Å². The van der Waals surface area contributed by atoms with E-state index in [9.17, 15) is 4.79 Å². The van der Waals surface area contributed by atoms with Crippen LogP contribution < -0.4 is 5.32 Å². The summed E-state index contributed by atoms with van der Waals surface area (Å²) in [6.07, 6.45) is 0. The first kappa shape index (κ1) is 12.4. The average Bonchev–Trinajstić information content (AvgIpc) is 2.63. The van der Waals surface area contributed by atoms with Crippen molar-refractivity contribution in [3.63, 3.8) is 0 Å². The number of aromatic amines is 1. The second kappa shape index (κ2) is 6.02. The Morgan fingerprint density at radius 3 is 2.94 bits per heavy atom. The molecule has 6 nitrogen and oxygen atoms in total. The molecule has 1 amide bonds. The molecule has 0 saturated heterocycles. The highest BCUT2D eigenvalue weighted by molar-refractivity contribution is 5.90. The van der Waals surface area contributed by atoms with Crippen LogP contribution in [0.1, 0.15) is 23.4 Å². The van der Waals surface area contributed by atoms with Gasteiger partial charge in [0.1, 0.15) is 5.82 Å². The SMILES string of the molecule is C=C(C)COCCNC(=O)c1n[nH]c(C)n1. The van der Waals surface area contributed by atoms with Gasteiger partial charge in [-0.25, -0.2) is 4.98 Å². The van der Waals surface area contributed by atoms with Crippen molar-refractivity contribution in [3.05, 3.63) is 23.8 Å². The first-order chi connectivity index (χ1) is 7.59. The van der Waals surface area contributed by atoms with Gasteiger partial charge in [-0.15, -0.1) is 5.10 Å². The van der Waals surface area contributed by atoms with Crippen molar-refractivity contribution >= 4 is 5.91 Å². The molecule has 1 rings (SSSR count). The Labute approximate surface area is 94.1 Å². The van der Waals surface area contributed by atoms with Crippen molar-refractivity contribution in [2.24, 2.45) is 0 Å². The highest BCUT2D eigenvalue weighted by Gasteiger charge is 2.09. The highest BCUT2D eigenvalue weighted by Crippen LogP contribution is 1.90. The molecule has 0 saturated carbocycles. The van der Waals surface area contributed by atoms with Crippen LogP contribution in [0.5, 0.6) is 0 Å². The summed E-state index contributed by atoms with van der Waals surface area (Å²) >= 11 is 0. The molecule has 0 spiro atoms. The van der Waals surface area contributed by atoms with Gasteiger partial charge in [0, 0.05) is 6.54 Å². The lowest BCUT2D eigenvalue weighted by Gasteiger charge is -2.04. The van der Waals surface area contributed by atoms with Gasteiger partial charge in [0.2, 0.25) is 5.82 Å². The molecule has 0 unspecified atom stereocenters. The molecule has 0 aliphatic heterocycles. The van der Waals surface area contributed by atoms with E-state index >= 15 is 0 Å². The Morgan fingerprint density at radius 2 is 2.38 bits per heavy atom. The maximum atomic E-state index is 11.4. The summed E-state index contributed by atoms with van der Waals surface area (Å²) in [6, 6.07) is 0. The maximum absolute atomic E-state index is 11.4. The van der Waals surface area contributed by atoms with Gasteiger partial charge < -0.3 is 10.1 Å². The van der Waals surface area contributed by atoms with E-state index in [-0.39, 0.29) is 11.7 Å². The topological polar surface area (TPSA) is 79.9 Å². The monoisotopic (exact) mass is 224 g/mol. The number of hydrogen-bond donors (Lipinski definition) is 2. The summed E-state index contributed by atoms with van der Waals surface area (Å²) in [5.74, 6) is 0.462. The molecule has 0 fully saturated rings. The van der Waals surface area contributed by atoms with Crippen LogP contribution in [0.25, 0.3) is 0 Å². The summed E-state index contributed by atoms with van der Waals surface area (Å²) < 4.78 is 5.22. The molecule has 1 heterocycles. The van der Waals surface area contributed by atoms with E-state index in [0.29, 0.717) is 25.6 Å². The molecule has 2 N–H and O–H groups in total. The summed E-state index contributed by atoms with van der Waals surface area (Å²) in [5.41, 5.74) is 0.955. The Hall–Kier alpha value is -1.69. The van der Waals surface area contributed by atoms with Crippen molar-refractivity contribution in [1.29, 1.82) is 0 Å². The summed E-state index contributed by atoms with van der Waals surface area (Å²) in [7, 11) is 0. The molecule has 6 heteroatoms. The molecule has 0 aliphatic carbocycles. The Kier molecular flexibility index (Phi) is 4.65. The quantitative estimate of drug-likeness (QED) is 0.542. The first-order valence-electron chi connectivity index (χ1n) is 4.99. The number of amides is 1. The predicted molar refractivity (Wildman–Crippen MR) is 59.1 cm³/mol. The van der Waals surface area contributed by atoms with E-state index in [1.807, 2.05) is 6.92 Å². The Bertz CT molecular complexity index is 373. The molecule has 88 valence electrons. The van der Waals surface area contributed by atoms with Crippen molar-refractivity contribution in [2.75, 3.05) is 19.8 Å². The smallest absolute Gasteiger partial charge is 0.291 e. The number of carbonyl (C=O) groups is 1. The van der Waals surface area contributed by atoms with Crippen LogP contribution in [-0.4, -0.2) is 40.8 Å². The van der Waals surface area contributed by atoms with Gasteiger partial charge in [0.05, 0.1) is 13.2 Å². The lowest BCUT2D eigenvalue weighted by atomic mass is 10.4. The fourth-order valence-corrected chi connectivity index (χ4v) is 1.01. The van der Waals surface area contributed by atoms with E-state index in [4.69, 9.17) is 4.74 Å². The van der Waals surface area contributed by atoms with Gasteiger partial charge in [-0.3, -0.25) is 9.89 Å². The van der Waals surface area contributed by atoms with Gasteiger partial charge >= 0.3 is 0 Å². The standard InChI is InChI=1S/C10H16N4O2/c1-7(2)6-16-5-4-11-10(15)9-12-8(3)13-14-9/h1,4-6H2,2-3H3,(H,11,15)(H,12,13,14). The van der Waals surface area contributed by atoms with E-state index in [0.717, 1.165) is 5.57 Å². The van der Waals surface area contributed by atoms with Crippen LogP contribution in [0, 0.1) is 6.92 Å². The van der Waals surface area contributed by atoms with Gasteiger partial charge in [-0.2, -0.15) is 0 Å². The van der Waals surface area contributed by atoms with Crippen LogP contribution in [0.4, 0.5) is 0 Å². The predicted octanol–water partition coefficient (Wildman–Crippen LogP) is 0.436. The zero-order valence-electron chi connectivity index (χ0n) is 9.54. The Balaban J connectivity index is 2.18. The zero-order chi connectivity index (χ0) is 12.0. The summed E-state index contributed by atoms with van der Waals surface area (Å²) in [6.45, 7) is 8.71. The lowest BCUT2D eigenvalue weighted by molar-refractivity contribution is 0.0917. The molecule has 0 aliphatic rings. The molecule has 0 atom stereocenters. The largest absolute Gasteiger partial charge is 0.375 e. The highest BCUT2D eigenvalue weighted by atomic mass is 16.5. The average molecular weight is 224 g/mol. The third-order valence-electron chi connectivity index (χ3n) is 1.68. The lowest BCUT2D eigenvalue weighted by Crippen LogP contribution is -2.28. The Morgan fingerprint density at radius 1 is 1.62 bits per heavy atom.